The lowest BCUT2D eigenvalue weighted by atomic mass is 9.96. The summed E-state index contributed by atoms with van der Waals surface area (Å²) < 4.78 is 30.6. The molecule has 1 heterocycles. The van der Waals surface area contributed by atoms with E-state index in [1.54, 1.807) is 30.3 Å². The fraction of sp³-hybridized carbons (Fsp3) is 0.318. The highest BCUT2D eigenvalue weighted by molar-refractivity contribution is 7.83. The lowest BCUT2D eigenvalue weighted by Crippen LogP contribution is -2.32. The summed E-state index contributed by atoms with van der Waals surface area (Å²) in [6.07, 6.45) is 5.05. The number of carboxylic acids is 1. The summed E-state index contributed by atoms with van der Waals surface area (Å²) >= 11 is 6.33. The summed E-state index contributed by atoms with van der Waals surface area (Å²) in [6.45, 7) is 0. The van der Waals surface area contributed by atoms with Crippen molar-refractivity contribution in [2.45, 2.75) is 49.5 Å². The molecule has 30 heavy (non-hydrogen) atoms. The van der Waals surface area contributed by atoms with Crippen LogP contribution in [0.25, 0.3) is 22.2 Å². The van der Waals surface area contributed by atoms with Crippen LogP contribution in [0.2, 0.25) is 5.02 Å². The molecule has 158 valence electrons. The summed E-state index contributed by atoms with van der Waals surface area (Å²) in [5, 5.41) is 9.98. The molecule has 3 N–H and O–H groups in total. The van der Waals surface area contributed by atoms with Gasteiger partial charge in [-0.1, -0.05) is 43.0 Å². The maximum atomic E-state index is 14.5. The van der Waals surface area contributed by atoms with Crippen molar-refractivity contribution in [3.05, 3.63) is 52.8 Å². The Kier molecular flexibility index (Phi) is 6.22. The van der Waals surface area contributed by atoms with E-state index in [2.05, 4.69) is 9.71 Å². The van der Waals surface area contributed by atoms with E-state index in [4.69, 9.17) is 11.6 Å². The van der Waals surface area contributed by atoms with Crippen molar-refractivity contribution in [1.82, 2.24) is 9.71 Å². The van der Waals surface area contributed by atoms with Crippen LogP contribution >= 0.6 is 11.6 Å². The molecule has 5 nitrogen and oxygen atoms in total. The number of aliphatic carboxylic acids is 1. The van der Waals surface area contributed by atoms with Gasteiger partial charge in [0.2, 0.25) is 0 Å². The Morgan fingerprint density at radius 1 is 1.23 bits per heavy atom. The number of benzene rings is 2. The number of nitrogens with one attached hydrogen (secondary N) is 2. The molecule has 0 spiro atoms. The van der Waals surface area contributed by atoms with Crippen molar-refractivity contribution in [2.24, 2.45) is 0 Å². The average Bonchev–Trinajstić information content (AvgIpc) is 3.08. The Balaban J connectivity index is 1.75. The molecule has 1 fully saturated rings. The lowest BCUT2D eigenvalue weighted by molar-refractivity contribution is -0.136. The molecule has 4 rings (SSSR count). The molecule has 3 aromatic rings. The van der Waals surface area contributed by atoms with Gasteiger partial charge in [-0.2, -0.15) is 0 Å². The Morgan fingerprint density at radius 2 is 2.00 bits per heavy atom. The number of aromatic nitrogens is 1. The average molecular weight is 449 g/mol. The summed E-state index contributed by atoms with van der Waals surface area (Å²) in [5.74, 6) is -1.54. The summed E-state index contributed by atoms with van der Waals surface area (Å²) in [6, 6.07) is 9.80. The number of fused-ring (bicyclic) bond motifs is 1. The molecule has 1 unspecified atom stereocenters. The van der Waals surface area contributed by atoms with Crippen LogP contribution in [0.3, 0.4) is 0 Å². The largest absolute Gasteiger partial charge is 0.481 e. The van der Waals surface area contributed by atoms with Crippen LogP contribution in [0.5, 0.6) is 0 Å². The van der Waals surface area contributed by atoms with Crippen molar-refractivity contribution < 1.29 is 18.5 Å². The van der Waals surface area contributed by atoms with Crippen LogP contribution in [0.4, 0.5) is 4.39 Å². The van der Waals surface area contributed by atoms with Crippen molar-refractivity contribution in [3.63, 3.8) is 0 Å². The zero-order valence-electron chi connectivity index (χ0n) is 16.2. The van der Waals surface area contributed by atoms with Crippen molar-refractivity contribution >= 4 is 39.5 Å². The minimum Gasteiger partial charge on any atom is -0.481 e. The number of aromatic amines is 1. The highest BCUT2D eigenvalue weighted by Gasteiger charge is 2.21. The number of hydrogen-bond acceptors (Lipinski definition) is 2. The Labute approximate surface area is 181 Å². The van der Waals surface area contributed by atoms with Gasteiger partial charge in [0.1, 0.15) is 16.8 Å². The minimum atomic E-state index is -1.50. The number of carbonyl (C=O) groups is 1. The number of rotatable bonds is 6. The van der Waals surface area contributed by atoms with Gasteiger partial charge >= 0.3 is 5.97 Å². The fourth-order valence-electron chi connectivity index (χ4n) is 4.08. The van der Waals surface area contributed by atoms with Gasteiger partial charge in [-0.25, -0.2) is 13.3 Å². The molecule has 1 atom stereocenters. The van der Waals surface area contributed by atoms with E-state index in [-0.39, 0.29) is 17.8 Å². The van der Waals surface area contributed by atoms with Crippen LogP contribution in [-0.4, -0.2) is 26.3 Å². The maximum Gasteiger partial charge on any atom is 0.307 e. The van der Waals surface area contributed by atoms with E-state index in [0.29, 0.717) is 32.3 Å². The van der Waals surface area contributed by atoms with Gasteiger partial charge in [-0.05, 0) is 48.2 Å². The van der Waals surface area contributed by atoms with Crippen LogP contribution in [0, 0.1) is 5.82 Å². The van der Waals surface area contributed by atoms with E-state index in [1.165, 1.54) is 12.5 Å². The first-order chi connectivity index (χ1) is 14.4. The Morgan fingerprint density at radius 3 is 2.73 bits per heavy atom. The van der Waals surface area contributed by atoms with Gasteiger partial charge in [0.15, 0.2) is 0 Å². The number of carboxylic acid groups (broad SMARTS) is 1. The predicted octanol–water partition coefficient (Wildman–Crippen LogP) is 5.20. The zero-order valence-corrected chi connectivity index (χ0v) is 17.8. The monoisotopic (exact) mass is 448 g/mol. The molecule has 0 aliphatic heterocycles. The SMILES string of the molecule is O=C(O)Cc1c(-c2ccc(Cl)c(S(=O)NC3CCCCC3)c2)[nH]c2cccc(F)c12. The first kappa shape index (κ1) is 21.0. The summed E-state index contributed by atoms with van der Waals surface area (Å²) in [5.41, 5.74) is 1.97. The predicted molar refractivity (Wildman–Crippen MR) is 116 cm³/mol. The van der Waals surface area contributed by atoms with Crippen LogP contribution in [0.1, 0.15) is 37.7 Å². The third-order valence-electron chi connectivity index (χ3n) is 5.50. The third-order valence-corrected chi connectivity index (χ3v) is 7.23. The molecule has 1 aliphatic carbocycles. The molecule has 0 amide bonds. The fourth-order valence-corrected chi connectivity index (χ4v) is 5.55. The van der Waals surface area contributed by atoms with Gasteiger partial charge in [-0.3, -0.25) is 4.79 Å². The van der Waals surface area contributed by atoms with E-state index in [1.807, 2.05) is 0 Å². The van der Waals surface area contributed by atoms with Crippen molar-refractivity contribution in [2.75, 3.05) is 0 Å². The lowest BCUT2D eigenvalue weighted by Gasteiger charge is -2.22. The molecule has 0 radical (unpaired) electrons. The molecule has 8 heteroatoms. The zero-order chi connectivity index (χ0) is 21.3. The van der Waals surface area contributed by atoms with Gasteiger partial charge in [0.25, 0.3) is 0 Å². The minimum absolute atomic E-state index is 0.184. The van der Waals surface area contributed by atoms with Crippen LogP contribution in [0.15, 0.2) is 41.3 Å². The molecule has 1 aromatic heterocycles. The van der Waals surface area contributed by atoms with E-state index in [0.717, 1.165) is 25.7 Å². The maximum absolute atomic E-state index is 14.5. The van der Waals surface area contributed by atoms with Gasteiger partial charge in [0.05, 0.1) is 22.0 Å². The topological polar surface area (TPSA) is 82.2 Å². The second-order valence-electron chi connectivity index (χ2n) is 7.58. The van der Waals surface area contributed by atoms with E-state index < -0.39 is 22.8 Å². The van der Waals surface area contributed by atoms with Crippen molar-refractivity contribution in [1.29, 1.82) is 0 Å². The highest BCUT2D eigenvalue weighted by atomic mass is 35.5. The Hall–Kier alpha value is -2.22. The van der Waals surface area contributed by atoms with Crippen molar-refractivity contribution in [3.8, 4) is 11.3 Å². The molecule has 1 saturated carbocycles. The number of hydrogen-bond donors (Lipinski definition) is 3. The quantitative estimate of drug-likeness (QED) is 0.484. The van der Waals surface area contributed by atoms with E-state index >= 15 is 0 Å². The third kappa shape index (κ3) is 4.29. The Bertz CT molecular complexity index is 1130. The first-order valence-corrected chi connectivity index (χ1v) is 11.5. The van der Waals surface area contributed by atoms with E-state index in [9.17, 15) is 18.5 Å². The molecular formula is C22H22ClFN2O3S. The molecular weight excluding hydrogens is 427 g/mol. The molecule has 1 aliphatic rings. The molecule has 0 saturated heterocycles. The number of halogens is 2. The highest BCUT2D eigenvalue weighted by Crippen LogP contribution is 2.35. The number of H-pyrrole nitrogens is 1. The molecule has 2 aromatic carbocycles. The standard InChI is InChI=1S/C22H22ClFN2O3S/c23-16-10-9-13(11-19(16)30(29)26-14-5-2-1-3-6-14)22-15(12-20(27)28)21-17(24)7-4-8-18(21)25-22/h4,7-11,14,25-26H,1-3,5-6,12H2,(H,27,28). The van der Waals surface area contributed by atoms with Crippen LogP contribution < -0.4 is 4.72 Å². The summed E-state index contributed by atoms with van der Waals surface area (Å²) in [4.78, 5) is 15.0. The smallest absolute Gasteiger partial charge is 0.307 e. The van der Waals surface area contributed by atoms with Gasteiger partial charge < -0.3 is 10.1 Å². The molecule has 0 bridgehead atoms. The van der Waals surface area contributed by atoms with Gasteiger partial charge in [0, 0.05) is 16.9 Å². The van der Waals surface area contributed by atoms with Gasteiger partial charge in [-0.15, -0.1) is 0 Å². The normalized spacial score (nSPS) is 16.1. The second-order valence-corrected chi connectivity index (χ2v) is 9.20. The first-order valence-electron chi connectivity index (χ1n) is 9.92. The van der Waals surface area contributed by atoms with Crippen LogP contribution in [-0.2, 0) is 22.2 Å². The second kappa shape index (κ2) is 8.88. The summed E-state index contributed by atoms with van der Waals surface area (Å²) in [7, 11) is -1.50.